The van der Waals surface area contributed by atoms with Crippen molar-refractivity contribution in [1.82, 2.24) is 4.98 Å². The van der Waals surface area contributed by atoms with Gasteiger partial charge in [-0.25, -0.2) is 0 Å². The van der Waals surface area contributed by atoms with Crippen molar-refractivity contribution in [3.8, 4) is 0 Å². The number of fused-ring (bicyclic) bond motifs is 2. The molecule has 3 aliphatic carbocycles. The summed E-state index contributed by atoms with van der Waals surface area (Å²) in [6.07, 6.45) is 10.7. The monoisotopic (exact) mass is 445 g/mol. The van der Waals surface area contributed by atoms with Gasteiger partial charge in [-0.05, 0) is 78.2 Å². The molecule has 1 aromatic carbocycles. The van der Waals surface area contributed by atoms with Crippen LogP contribution < -0.4 is 0 Å². The molecule has 2 spiro atoms. The Morgan fingerprint density at radius 3 is 2.76 bits per heavy atom. The molecule has 5 heteroatoms. The zero-order valence-electron chi connectivity index (χ0n) is 18.9. The maximum Gasteiger partial charge on any atom is 0.119 e. The van der Waals surface area contributed by atoms with Crippen molar-refractivity contribution in [3.63, 3.8) is 0 Å². The predicted octanol–water partition coefficient (Wildman–Crippen LogP) is 3.78. The van der Waals surface area contributed by atoms with Crippen LogP contribution in [0.25, 0.3) is 10.8 Å². The number of pyridine rings is 1. The molecule has 1 unspecified atom stereocenters. The number of hydrogen-bond acceptors (Lipinski definition) is 5. The van der Waals surface area contributed by atoms with Crippen LogP contribution in [0.3, 0.4) is 0 Å². The first-order chi connectivity index (χ1) is 15.9. The van der Waals surface area contributed by atoms with Crippen molar-refractivity contribution in [1.29, 1.82) is 0 Å². The first-order valence-corrected chi connectivity index (χ1v) is 12.4. The SMILES string of the molecule is C[C@]12CC=C3C=C4CC[C@@H](O)[C@H](O)[C@]45CCC3(O5)[C@@H]1C[C@@H](O)[C@@H]2c1ccc2ccncc2c1. The zero-order valence-corrected chi connectivity index (χ0v) is 18.9. The smallest absolute Gasteiger partial charge is 0.119 e. The topological polar surface area (TPSA) is 82.8 Å². The van der Waals surface area contributed by atoms with E-state index < -0.39 is 29.5 Å². The molecule has 5 nitrogen and oxygen atoms in total. The van der Waals surface area contributed by atoms with Crippen molar-refractivity contribution in [2.45, 2.75) is 80.9 Å². The summed E-state index contributed by atoms with van der Waals surface area (Å²) in [5.74, 6) is 0.157. The molecule has 2 bridgehead atoms. The van der Waals surface area contributed by atoms with E-state index in [0.717, 1.165) is 47.6 Å². The molecular formula is C28H31NO4. The van der Waals surface area contributed by atoms with Gasteiger partial charge in [-0.3, -0.25) is 4.98 Å². The van der Waals surface area contributed by atoms with Crippen LogP contribution in [0.4, 0.5) is 0 Å². The highest BCUT2D eigenvalue weighted by atomic mass is 16.5. The number of benzene rings is 1. The van der Waals surface area contributed by atoms with Crippen LogP contribution in [-0.2, 0) is 4.74 Å². The van der Waals surface area contributed by atoms with E-state index in [1.54, 1.807) is 0 Å². The highest BCUT2D eigenvalue weighted by molar-refractivity contribution is 5.82. The Labute approximate surface area is 193 Å². The molecule has 7 rings (SSSR count). The number of rotatable bonds is 1. The third kappa shape index (κ3) is 2.44. The molecule has 33 heavy (non-hydrogen) atoms. The van der Waals surface area contributed by atoms with Crippen molar-refractivity contribution in [2.75, 3.05) is 0 Å². The lowest BCUT2D eigenvalue weighted by atomic mass is 9.58. The molecule has 2 aliphatic heterocycles. The van der Waals surface area contributed by atoms with Gasteiger partial charge in [-0.2, -0.15) is 0 Å². The summed E-state index contributed by atoms with van der Waals surface area (Å²) in [5.41, 5.74) is 2.10. The molecule has 2 saturated carbocycles. The molecular weight excluding hydrogens is 414 g/mol. The molecule has 3 N–H and O–H groups in total. The second-order valence-corrected chi connectivity index (χ2v) is 11.3. The van der Waals surface area contributed by atoms with E-state index in [4.69, 9.17) is 4.74 Å². The average molecular weight is 446 g/mol. The van der Waals surface area contributed by atoms with Crippen molar-refractivity contribution < 1.29 is 20.1 Å². The molecule has 3 heterocycles. The van der Waals surface area contributed by atoms with E-state index in [-0.39, 0.29) is 17.3 Å². The van der Waals surface area contributed by atoms with Gasteiger partial charge in [0.15, 0.2) is 0 Å². The van der Waals surface area contributed by atoms with E-state index >= 15 is 0 Å². The minimum absolute atomic E-state index is 0.00618. The fourth-order valence-corrected chi connectivity index (χ4v) is 8.32. The van der Waals surface area contributed by atoms with E-state index in [9.17, 15) is 15.3 Å². The zero-order chi connectivity index (χ0) is 22.6. The summed E-state index contributed by atoms with van der Waals surface area (Å²) in [4.78, 5) is 4.29. The molecule has 5 aliphatic rings. The fourth-order valence-electron chi connectivity index (χ4n) is 8.32. The summed E-state index contributed by atoms with van der Waals surface area (Å²) in [5, 5.41) is 35.2. The Balaban J connectivity index is 1.34. The summed E-state index contributed by atoms with van der Waals surface area (Å²) in [7, 11) is 0. The average Bonchev–Trinajstić information content (AvgIpc) is 3.29. The first kappa shape index (κ1) is 20.3. The number of hydrogen-bond donors (Lipinski definition) is 3. The second-order valence-electron chi connectivity index (χ2n) is 11.3. The van der Waals surface area contributed by atoms with Gasteiger partial charge in [0.05, 0.1) is 17.8 Å². The number of ether oxygens (including phenoxy) is 1. The summed E-state index contributed by atoms with van der Waals surface area (Å²) in [6, 6.07) is 8.51. The van der Waals surface area contributed by atoms with Crippen LogP contribution in [0.2, 0.25) is 0 Å². The number of aliphatic hydroxyl groups is 3. The first-order valence-electron chi connectivity index (χ1n) is 12.4. The second kappa shape index (κ2) is 6.54. The fraction of sp³-hybridized carbons (Fsp3) is 0.536. The van der Waals surface area contributed by atoms with Gasteiger partial charge >= 0.3 is 0 Å². The van der Waals surface area contributed by atoms with Gasteiger partial charge in [-0.1, -0.05) is 31.2 Å². The van der Waals surface area contributed by atoms with Crippen LogP contribution in [0, 0.1) is 11.3 Å². The highest BCUT2D eigenvalue weighted by Crippen LogP contribution is 2.69. The Kier molecular flexibility index (Phi) is 4.03. The Morgan fingerprint density at radius 1 is 1.03 bits per heavy atom. The largest absolute Gasteiger partial charge is 0.392 e. The molecule has 1 saturated heterocycles. The Bertz CT molecular complexity index is 1220. The highest BCUT2D eigenvalue weighted by Gasteiger charge is 2.69. The maximum atomic E-state index is 11.4. The van der Waals surface area contributed by atoms with Crippen LogP contribution in [0.15, 0.2) is 60.0 Å². The molecule has 172 valence electrons. The molecule has 8 atom stereocenters. The molecule has 3 fully saturated rings. The summed E-state index contributed by atoms with van der Waals surface area (Å²) >= 11 is 0. The van der Waals surface area contributed by atoms with Crippen molar-refractivity contribution in [2.24, 2.45) is 11.3 Å². The number of allylic oxidation sites excluding steroid dienone is 1. The minimum atomic E-state index is -0.887. The van der Waals surface area contributed by atoms with E-state index in [1.807, 2.05) is 18.5 Å². The van der Waals surface area contributed by atoms with Crippen LogP contribution in [0.5, 0.6) is 0 Å². The quantitative estimate of drug-likeness (QED) is 0.622. The van der Waals surface area contributed by atoms with Crippen molar-refractivity contribution in [3.05, 3.63) is 65.5 Å². The van der Waals surface area contributed by atoms with Crippen LogP contribution in [0.1, 0.15) is 56.9 Å². The molecule has 1 aromatic heterocycles. The van der Waals surface area contributed by atoms with Crippen LogP contribution in [-0.4, -0.2) is 49.8 Å². The van der Waals surface area contributed by atoms with E-state index in [0.29, 0.717) is 12.8 Å². The predicted molar refractivity (Wildman–Crippen MR) is 125 cm³/mol. The number of aromatic nitrogens is 1. The van der Waals surface area contributed by atoms with Gasteiger partial charge in [0.25, 0.3) is 0 Å². The number of aliphatic hydroxyl groups excluding tert-OH is 3. The van der Waals surface area contributed by atoms with Gasteiger partial charge in [-0.15, -0.1) is 0 Å². The Morgan fingerprint density at radius 2 is 1.88 bits per heavy atom. The summed E-state index contributed by atoms with van der Waals surface area (Å²) < 4.78 is 6.98. The van der Waals surface area contributed by atoms with Crippen LogP contribution >= 0.6 is 0 Å². The van der Waals surface area contributed by atoms with E-state index in [1.165, 1.54) is 5.57 Å². The molecule has 0 amide bonds. The molecule has 0 radical (unpaired) electrons. The maximum absolute atomic E-state index is 11.4. The lowest BCUT2D eigenvalue weighted by molar-refractivity contribution is -0.193. The molecule has 2 aromatic rings. The third-order valence-corrected chi connectivity index (χ3v) is 9.86. The number of nitrogens with zero attached hydrogens (tertiary/aromatic N) is 1. The summed E-state index contributed by atoms with van der Waals surface area (Å²) in [6.45, 7) is 2.31. The van der Waals surface area contributed by atoms with Gasteiger partial charge < -0.3 is 20.1 Å². The lowest BCUT2D eigenvalue weighted by Crippen LogP contribution is -2.59. The van der Waals surface area contributed by atoms with Gasteiger partial charge in [0, 0.05) is 29.6 Å². The van der Waals surface area contributed by atoms with E-state index in [2.05, 4.69) is 42.3 Å². The normalized spacial score (nSPS) is 45.8. The third-order valence-electron chi connectivity index (χ3n) is 9.86. The van der Waals surface area contributed by atoms with Gasteiger partial charge in [0.2, 0.25) is 0 Å². The van der Waals surface area contributed by atoms with Crippen molar-refractivity contribution >= 4 is 10.8 Å². The van der Waals surface area contributed by atoms with Gasteiger partial charge in [0.1, 0.15) is 11.7 Å². The lowest BCUT2D eigenvalue weighted by Gasteiger charge is -2.55. The standard InChI is InChI=1S/C28H31NO4/c1-26-8-6-20-13-19-4-5-21(30)25(32)28(19)10-9-27(20,33-28)23(26)14-22(31)24(26)17-3-2-16-7-11-29-15-18(16)12-17/h2-3,6-7,11-13,15,21-25,30-32H,4-5,8-10,14H2,1H3/t21-,22-,23-,24+,25+,26+,27?,28+/m1/s1. The minimum Gasteiger partial charge on any atom is -0.392 e. The Hall–Kier alpha value is -2.05.